The zero-order chi connectivity index (χ0) is 21.6. The van der Waals surface area contributed by atoms with Crippen LogP contribution in [0.3, 0.4) is 0 Å². The zero-order valence-corrected chi connectivity index (χ0v) is 18.1. The SMILES string of the molecule is CN1CCCCC(N2C(=O)C(O)(c3ccccc3Cl)c3c(Cl)cc(C(N)=O)cc32)C1. The highest BCUT2D eigenvalue weighted by Gasteiger charge is 2.55. The number of hydrogen-bond acceptors (Lipinski definition) is 4. The molecule has 2 heterocycles. The Kier molecular flexibility index (Phi) is 5.53. The van der Waals surface area contributed by atoms with Crippen molar-refractivity contribution in [1.82, 2.24) is 4.90 Å². The van der Waals surface area contributed by atoms with Gasteiger partial charge in [-0.05, 0) is 44.6 Å². The standard InChI is InChI=1S/C22H23Cl2N3O3/c1-26-9-5-4-6-14(12-26)27-18-11-13(20(25)28)10-17(24)19(18)22(30,21(27)29)15-7-2-3-8-16(15)23/h2-3,7-8,10-11,14,30H,4-6,9,12H2,1H3,(H2,25,28). The Bertz CT molecular complexity index is 1030. The Morgan fingerprint density at radius 1 is 1.20 bits per heavy atom. The van der Waals surface area contributed by atoms with E-state index in [1.165, 1.54) is 6.07 Å². The summed E-state index contributed by atoms with van der Waals surface area (Å²) in [6.07, 6.45) is 2.74. The minimum atomic E-state index is -2.05. The molecule has 1 saturated heterocycles. The molecule has 0 aliphatic carbocycles. The fraction of sp³-hybridized carbons (Fsp3) is 0.364. The van der Waals surface area contributed by atoms with E-state index in [-0.39, 0.29) is 32.8 Å². The third-order valence-corrected chi connectivity index (χ3v) is 6.61. The molecule has 2 aromatic rings. The molecule has 0 aromatic heterocycles. The quantitative estimate of drug-likeness (QED) is 0.756. The Labute approximate surface area is 185 Å². The van der Waals surface area contributed by atoms with Crippen molar-refractivity contribution >= 4 is 40.7 Å². The predicted molar refractivity (Wildman–Crippen MR) is 117 cm³/mol. The second-order valence-corrected chi connectivity index (χ2v) is 8.81. The fourth-order valence-corrected chi connectivity index (χ4v) is 5.18. The molecule has 0 bridgehead atoms. The topological polar surface area (TPSA) is 86.9 Å². The second kappa shape index (κ2) is 7.85. The van der Waals surface area contributed by atoms with Crippen LogP contribution < -0.4 is 10.6 Å². The molecule has 2 aliphatic heterocycles. The number of likely N-dealkylation sites (tertiary alicyclic amines) is 1. The molecular weight excluding hydrogens is 425 g/mol. The Balaban J connectivity index is 1.96. The number of primary amides is 1. The summed E-state index contributed by atoms with van der Waals surface area (Å²) in [5.41, 5.74) is 4.53. The second-order valence-electron chi connectivity index (χ2n) is 7.99. The maximum absolute atomic E-state index is 13.8. The molecule has 3 N–H and O–H groups in total. The van der Waals surface area contributed by atoms with Gasteiger partial charge in [-0.25, -0.2) is 0 Å². The molecule has 4 rings (SSSR count). The van der Waals surface area contributed by atoms with Crippen molar-refractivity contribution in [3.8, 4) is 0 Å². The van der Waals surface area contributed by atoms with Gasteiger partial charge < -0.3 is 20.6 Å². The molecule has 8 heteroatoms. The first-order valence-corrected chi connectivity index (χ1v) is 10.6. The summed E-state index contributed by atoms with van der Waals surface area (Å²) in [6, 6.07) is 9.42. The number of nitrogens with two attached hydrogens (primary N) is 1. The van der Waals surface area contributed by atoms with Gasteiger partial charge in [0.2, 0.25) is 5.91 Å². The van der Waals surface area contributed by atoms with Gasteiger partial charge in [-0.3, -0.25) is 9.59 Å². The van der Waals surface area contributed by atoms with E-state index in [1.807, 2.05) is 7.05 Å². The van der Waals surface area contributed by atoms with Crippen LogP contribution in [0.5, 0.6) is 0 Å². The van der Waals surface area contributed by atoms with Gasteiger partial charge in [-0.15, -0.1) is 0 Å². The van der Waals surface area contributed by atoms with Gasteiger partial charge in [-0.1, -0.05) is 47.8 Å². The van der Waals surface area contributed by atoms with Crippen molar-refractivity contribution in [3.05, 3.63) is 63.1 Å². The highest BCUT2D eigenvalue weighted by Crippen LogP contribution is 2.51. The van der Waals surface area contributed by atoms with E-state index >= 15 is 0 Å². The minimum absolute atomic E-state index is 0.0987. The number of anilines is 1. The van der Waals surface area contributed by atoms with Gasteiger partial charge in [0.25, 0.3) is 5.91 Å². The van der Waals surface area contributed by atoms with Crippen LogP contribution in [0.1, 0.15) is 40.7 Å². The molecule has 1 fully saturated rings. The van der Waals surface area contributed by atoms with Crippen molar-refractivity contribution in [1.29, 1.82) is 0 Å². The molecule has 2 aromatic carbocycles. The fourth-order valence-electron chi connectivity index (χ4n) is 4.56. The number of rotatable bonds is 3. The lowest BCUT2D eigenvalue weighted by atomic mass is 9.87. The summed E-state index contributed by atoms with van der Waals surface area (Å²) in [4.78, 5) is 29.4. The average molecular weight is 448 g/mol. The Morgan fingerprint density at radius 3 is 2.63 bits per heavy atom. The molecular formula is C22H23Cl2N3O3. The van der Waals surface area contributed by atoms with E-state index in [2.05, 4.69) is 4.90 Å². The number of carbonyl (C=O) groups excluding carboxylic acids is 2. The van der Waals surface area contributed by atoms with Gasteiger partial charge in [0.15, 0.2) is 5.60 Å². The average Bonchev–Trinajstić information content (AvgIpc) is 2.81. The number of carbonyl (C=O) groups is 2. The minimum Gasteiger partial charge on any atom is -0.372 e. The number of fused-ring (bicyclic) bond motifs is 1. The van der Waals surface area contributed by atoms with Crippen LogP contribution in [0, 0.1) is 0 Å². The van der Waals surface area contributed by atoms with E-state index in [0.717, 1.165) is 25.8 Å². The van der Waals surface area contributed by atoms with Crippen LogP contribution in [0.25, 0.3) is 0 Å². The van der Waals surface area contributed by atoms with E-state index in [1.54, 1.807) is 35.2 Å². The van der Waals surface area contributed by atoms with Crippen molar-refractivity contribution in [2.24, 2.45) is 5.73 Å². The highest BCUT2D eigenvalue weighted by molar-refractivity contribution is 6.35. The van der Waals surface area contributed by atoms with Gasteiger partial charge in [0.05, 0.1) is 10.7 Å². The summed E-state index contributed by atoms with van der Waals surface area (Å²) in [7, 11) is 2.01. The predicted octanol–water partition coefficient (Wildman–Crippen LogP) is 3.16. The normalized spacial score (nSPS) is 24.6. The van der Waals surface area contributed by atoms with E-state index in [9.17, 15) is 14.7 Å². The molecule has 30 heavy (non-hydrogen) atoms. The lowest BCUT2D eigenvalue weighted by Gasteiger charge is -2.31. The Hall–Kier alpha value is -2.12. The first-order chi connectivity index (χ1) is 14.2. The van der Waals surface area contributed by atoms with E-state index < -0.39 is 17.4 Å². The summed E-state index contributed by atoms with van der Waals surface area (Å²) in [6.45, 7) is 1.57. The molecule has 0 saturated carbocycles. The number of hydrogen-bond donors (Lipinski definition) is 2. The maximum atomic E-state index is 13.8. The summed E-state index contributed by atoms with van der Waals surface area (Å²) < 4.78 is 0. The van der Waals surface area contributed by atoms with Crippen LogP contribution in [0.4, 0.5) is 5.69 Å². The maximum Gasteiger partial charge on any atom is 0.268 e. The third-order valence-electron chi connectivity index (χ3n) is 5.98. The van der Waals surface area contributed by atoms with Gasteiger partial charge in [0, 0.05) is 34.3 Å². The number of benzene rings is 2. The van der Waals surface area contributed by atoms with E-state index in [4.69, 9.17) is 28.9 Å². The summed E-state index contributed by atoms with van der Waals surface area (Å²) >= 11 is 12.9. The van der Waals surface area contributed by atoms with Crippen molar-refractivity contribution in [2.75, 3.05) is 25.0 Å². The first-order valence-electron chi connectivity index (χ1n) is 9.88. The molecule has 0 spiro atoms. The molecule has 0 radical (unpaired) electrons. The number of aliphatic hydroxyl groups is 1. The number of nitrogens with zero attached hydrogens (tertiary/aromatic N) is 2. The van der Waals surface area contributed by atoms with Crippen LogP contribution in [0.15, 0.2) is 36.4 Å². The molecule has 2 unspecified atom stereocenters. The summed E-state index contributed by atoms with van der Waals surface area (Å²) in [5, 5.41) is 12.2. The van der Waals surface area contributed by atoms with Crippen LogP contribution in [-0.4, -0.2) is 48.0 Å². The molecule has 2 atom stereocenters. The number of amides is 2. The van der Waals surface area contributed by atoms with Crippen LogP contribution in [0.2, 0.25) is 10.0 Å². The molecule has 158 valence electrons. The first kappa shape index (κ1) is 21.1. The van der Waals surface area contributed by atoms with Gasteiger partial charge in [0.1, 0.15) is 0 Å². The third kappa shape index (κ3) is 3.28. The monoisotopic (exact) mass is 447 g/mol. The molecule has 2 amide bonds. The largest absolute Gasteiger partial charge is 0.372 e. The number of halogens is 2. The summed E-state index contributed by atoms with van der Waals surface area (Å²) in [5.74, 6) is -1.17. The number of likely N-dealkylation sites (N-methyl/N-ethyl adjacent to an activating group) is 1. The zero-order valence-electron chi connectivity index (χ0n) is 16.6. The van der Waals surface area contributed by atoms with Crippen LogP contribution in [-0.2, 0) is 10.4 Å². The van der Waals surface area contributed by atoms with Crippen molar-refractivity contribution in [2.45, 2.75) is 30.9 Å². The highest BCUT2D eigenvalue weighted by atomic mass is 35.5. The van der Waals surface area contributed by atoms with Crippen molar-refractivity contribution in [3.63, 3.8) is 0 Å². The molecule has 2 aliphatic rings. The van der Waals surface area contributed by atoms with E-state index in [0.29, 0.717) is 12.2 Å². The molecule has 6 nitrogen and oxygen atoms in total. The lowest BCUT2D eigenvalue weighted by Crippen LogP contribution is -2.49. The lowest BCUT2D eigenvalue weighted by molar-refractivity contribution is -0.132. The van der Waals surface area contributed by atoms with Gasteiger partial charge in [-0.2, -0.15) is 0 Å². The van der Waals surface area contributed by atoms with Crippen LogP contribution >= 0.6 is 23.2 Å². The smallest absolute Gasteiger partial charge is 0.268 e. The van der Waals surface area contributed by atoms with Crippen molar-refractivity contribution < 1.29 is 14.7 Å². The van der Waals surface area contributed by atoms with Gasteiger partial charge >= 0.3 is 0 Å². The Morgan fingerprint density at radius 2 is 1.93 bits per heavy atom.